The number of carbonyl (C=O) groups is 1. The third-order valence-corrected chi connectivity index (χ3v) is 2.86. The first kappa shape index (κ1) is 7.56. The first-order valence-corrected chi connectivity index (χ1v) is 4.08. The van der Waals surface area contributed by atoms with Gasteiger partial charge in [-0.2, -0.15) is 5.26 Å². The summed E-state index contributed by atoms with van der Waals surface area (Å²) in [5, 5.41) is 8.78. The van der Waals surface area contributed by atoms with Gasteiger partial charge in [-0.15, -0.1) is 0 Å². The van der Waals surface area contributed by atoms with Gasteiger partial charge in [0, 0.05) is 0 Å². The number of carbonyl (C=O) groups excluding carboxylic acids is 1. The molecule has 1 spiro atoms. The van der Waals surface area contributed by atoms with E-state index in [2.05, 4.69) is 0 Å². The maximum Gasteiger partial charge on any atom is 0.267 e. The van der Waals surface area contributed by atoms with Crippen LogP contribution >= 0.6 is 0 Å². The van der Waals surface area contributed by atoms with Crippen molar-refractivity contribution in [3.8, 4) is 6.07 Å². The standard InChI is InChI=1S/C8H10N2O2/c9-5-8(6(10)11)7(12-8)3-1-2-4-7/h1-4H2,(H2,10,11). The van der Waals surface area contributed by atoms with Crippen LogP contribution in [0, 0.1) is 11.3 Å². The van der Waals surface area contributed by atoms with Crippen molar-refractivity contribution in [2.24, 2.45) is 5.73 Å². The molecule has 0 radical (unpaired) electrons. The fourth-order valence-electron chi connectivity index (χ4n) is 2.12. The van der Waals surface area contributed by atoms with Gasteiger partial charge < -0.3 is 10.5 Å². The van der Waals surface area contributed by atoms with Gasteiger partial charge in [-0.3, -0.25) is 4.79 Å². The summed E-state index contributed by atoms with van der Waals surface area (Å²) in [5.41, 5.74) is 3.32. The van der Waals surface area contributed by atoms with Crippen LogP contribution in [0.3, 0.4) is 0 Å². The summed E-state index contributed by atoms with van der Waals surface area (Å²) in [7, 11) is 0. The number of nitrogens with two attached hydrogens (primary N) is 1. The Morgan fingerprint density at radius 2 is 2.08 bits per heavy atom. The Hall–Kier alpha value is -1.08. The number of nitriles is 1. The molecular weight excluding hydrogens is 156 g/mol. The molecule has 0 aromatic carbocycles. The average Bonchev–Trinajstić information content (AvgIpc) is 2.40. The summed E-state index contributed by atoms with van der Waals surface area (Å²) < 4.78 is 5.23. The van der Waals surface area contributed by atoms with Crippen LogP contribution in [-0.2, 0) is 9.53 Å². The second-order valence-electron chi connectivity index (χ2n) is 3.46. The second-order valence-corrected chi connectivity index (χ2v) is 3.46. The van der Waals surface area contributed by atoms with Gasteiger partial charge in [0.2, 0.25) is 0 Å². The van der Waals surface area contributed by atoms with E-state index in [1.165, 1.54) is 0 Å². The third-order valence-electron chi connectivity index (χ3n) is 2.86. The highest BCUT2D eigenvalue weighted by atomic mass is 16.6. The normalized spacial score (nSPS) is 36.2. The molecule has 4 nitrogen and oxygen atoms in total. The van der Waals surface area contributed by atoms with Crippen molar-refractivity contribution < 1.29 is 9.53 Å². The molecule has 12 heavy (non-hydrogen) atoms. The molecule has 2 aliphatic rings. The molecule has 1 unspecified atom stereocenters. The Kier molecular flexibility index (Phi) is 1.25. The summed E-state index contributed by atoms with van der Waals surface area (Å²) in [6, 6.07) is 1.89. The van der Waals surface area contributed by atoms with Gasteiger partial charge in [0.25, 0.3) is 11.5 Å². The van der Waals surface area contributed by atoms with Crippen molar-refractivity contribution in [2.45, 2.75) is 36.9 Å². The molecule has 1 saturated heterocycles. The monoisotopic (exact) mass is 166 g/mol. The molecule has 0 aromatic rings. The number of hydrogen-bond acceptors (Lipinski definition) is 3. The van der Waals surface area contributed by atoms with Gasteiger partial charge in [0.05, 0.1) is 0 Å². The lowest BCUT2D eigenvalue weighted by Gasteiger charge is -2.02. The number of ether oxygens (including phenoxy) is 1. The Labute approximate surface area is 70.3 Å². The largest absolute Gasteiger partial charge is 0.366 e. The first-order valence-electron chi connectivity index (χ1n) is 4.08. The van der Waals surface area contributed by atoms with E-state index in [9.17, 15) is 4.79 Å². The molecule has 1 aliphatic carbocycles. The maximum atomic E-state index is 11.0. The Balaban J connectivity index is 2.27. The van der Waals surface area contributed by atoms with E-state index in [1.807, 2.05) is 6.07 Å². The summed E-state index contributed by atoms with van der Waals surface area (Å²) in [6.45, 7) is 0. The quantitative estimate of drug-likeness (QED) is 0.560. The maximum absolute atomic E-state index is 11.0. The predicted molar refractivity (Wildman–Crippen MR) is 39.8 cm³/mol. The van der Waals surface area contributed by atoms with Crippen LogP contribution < -0.4 is 5.73 Å². The third kappa shape index (κ3) is 0.625. The molecule has 4 heteroatoms. The van der Waals surface area contributed by atoms with Gasteiger partial charge in [0.1, 0.15) is 11.7 Å². The zero-order valence-corrected chi connectivity index (χ0v) is 6.67. The van der Waals surface area contributed by atoms with E-state index in [0.29, 0.717) is 0 Å². The van der Waals surface area contributed by atoms with Gasteiger partial charge >= 0.3 is 0 Å². The lowest BCUT2D eigenvalue weighted by Crippen LogP contribution is -2.37. The number of rotatable bonds is 1. The van der Waals surface area contributed by atoms with Crippen LogP contribution in [0.5, 0.6) is 0 Å². The van der Waals surface area contributed by atoms with E-state index >= 15 is 0 Å². The molecule has 0 aromatic heterocycles. The van der Waals surface area contributed by atoms with Gasteiger partial charge in [-0.05, 0) is 12.8 Å². The fraction of sp³-hybridized carbons (Fsp3) is 0.750. The molecule has 1 atom stereocenters. The Morgan fingerprint density at radius 1 is 1.50 bits per heavy atom. The van der Waals surface area contributed by atoms with Crippen molar-refractivity contribution in [3.05, 3.63) is 0 Å². The number of epoxide rings is 1. The van der Waals surface area contributed by atoms with E-state index in [-0.39, 0.29) is 0 Å². The minimum Gasteiger partial charge on any atom is -0.366 e. The van der Waals surface area contributed by atoms with E-state index in [0.717, 1.165) is 25.7 Å². The number of primary amides is 1. The molecule has 1 aliphatic heterocycles. The minimum absolute atomic E-state index is 0.506. The Morgan fingerprint density at radius 3 is 2.42 bits per heavy atom. The smallest absolute Gasteiger partial charge is 0.267 e. The highest BCUT2D eigenvalue weighted by Gasteiger charge is 2.75. The van der Waals surface area contributed by atoms with Crippen LogP contribution in [0.1, 0.15) is 25.7 Å². The number of nitrogens with zero attached hydrogens (tertiary/aromatic N) is 1. The molecule has 64 valence electrons. The van der Waals surface area contributed by atoms with Gasteiger partial charge in [-0.1, -0.05) is 12.8 Å². The highest BCUT2D eigenvalue weighted by Crippen LogP contribution is 2.57. The van der Waals surface area contributed by atoms with Crippen LogP contribution in [0.25, 0.3) is 0 Å². The topological polar surface area (TPSA) is 79.4 Å². The molecule has 1 saturated carbocycles. The van der Waals surface area contributed by atoms with Crippen molar-refractivity contribution >= 4 is 5.91 Å². The molecular formula is C8H10N2O2. The van der Waals surface area contributed by atoms with Crippen molar-refractivity contribution in [2.75, 3.05) is 0 Å². The molecule has 0 bridgehead atoms. The minimum atomic E-state index is -1.29. The van der Waals surface area contributed by atoms with Crippen LogP contribution in [0.2, 0.25) is 0 Å². The number of amides is 1. The fourth-order valence-corrected chi connectivity index (χ4v) is 2.12. The zero-order valence-electron chi connectivity index (χ0n) is 6.67. The first-order chi connectivity index (χ1) is 5.67. The van der Waals surface area contributed by atoms with Gasteiger partial charge in [-0.25, -0.2) is 0 Å². The van der Waals surface area contributed by atoms with E-state index < -0.39 is 17.1 Å². The lowest BCUT2D eigenvalue weighted by atomic mass is 9.92. The van der Waals surface area contributed by atoms with E-state index in [1.54, 1.807) is 0 Å². The number of hydrogen-bond donors (Lipinski definition) is 1. The molecule has 2 N–H and O–H groups in total. The summed E-state index contributed by atoms with van der Waals surface area (Å²) in [5.74, 6) is -0.632. The Bertz CT molecular complexity index is 275. The van der Waals surface area contributed by atoms with Crippen LogP contribution in [0.15, 0.2) is 0 Å². The molecule has 2 fully saturated rings. The van der Waals surface area contributed by atoms with Crippen molar-refractivity contribution in [1.82, 2.24) is 0 Å². The van der Waals surface area contributed by atoms with Crippen LogP contribution in [0.4, 0.5) is 0 Å². The zero-order chi connectivity index (χ0) is 8.82. The van der Waals surface area contributed by atoms with Crippen LogP contribution in [-0.4, -0.2) is 17.1 Å². The predicted octanol–water partition coefficient (Wildman–Crippen LogP) is 0.0771. The average molecular weight is 166 g/mol. The van der Waals surface area contributed by atoms with E-state index in [4.69, 9.17) is 15.7 Å². The molecule has 2 rings (SSSR count). The van der Waals surface area contributed by atoms with Crippen molar-refractivity contribution in [1.29, 1.82) is 5.26 Å². The second kappa shape index (κ2) is 1.99. The lowest BCUT2D eigenvalue weighted by molar-refractivity contribution is -0.121. The summed E-state index contributed by atoms with van der Waals surface area (Å²) in [4.78, 5) is 11.0. The van der Waals surface area contributed by atoms with Gasteiger partial charge in [0.15, 0.2) is 0 Å². The summed E-state index contributed by atoms with van der Waals surface area (Å²) in [6.07, 6.45) is 3.64. The van der Waals surface area contributed by atoms with Crippen molar-refractivity contribution in [3.63, 3.8) is 0 Å². The SMILES string of the molecule is N#CC1(C(N)=O)OC12CCCC2. The molecule has 1 heterocycles. The molecule has 1 amide bonds. The summed E-state index contributed by atoms with van der Waals surface area (Å²) >= 11 is 0. The highest BCUT2D eigenvalue weighted by molar-refractivity contribution is 5.92.